The van der Waals surface area contributed by atoms with E-state index in [0.29, 0.717) is 35.5 Å². The highest BCUT2D eigenvalue weighted by molar-refractivity contribution is 9.10. The third-order valence-electron chi connectivity index (χ3n) is 5.93. The zero-order valence-electron chi connectivity index (χ0n) is 15.2. The lowest BCUT2D eigenvalue weighted by Gasteiger charge is -2.48. The molecular formula is C20H20BrN5O2. The molecule has 1 saturated heterocycles. The molecule has 2 aliphatic heterocycles. The summed E-state index contributed by atoms with van der Waals surface area (Å²) in [5.41, 5.74) is 3.16. The quantitative estimate of drug-likeness (QED) is 0.601. The van der Waals surface area contributed by atoms with Crippen molar-refractivity contribution in [3.05, 3.63) is 64.3 Å². The average Bonchev–Trinajstić information content (AvgIpc) is 3.13. The normalized spacial score (nSPS) is 24.5. The fraction of sp³-hybridized carbons (Fsp3) is 0.350. The van der Waals surface area contributed by atoms with Gasteiger partial charge in [0.25, 0.3) is 5.91 Å². The van der Waals surface area contributed by atoms with Crippen LogP contribution in [0.3, 0.4) is 0 Å². The molecule has 2 N–H and O–H groups in total. The van der Waals surface area contributed by atoms with E-state index in [9.17, 15) is 9.90 Å². The number of aliphatic hydroxyl groups excluding tert-OH is 1. The second-order valence-corrected chi connectivity index (χ2v) is 8.39. The number of benzene rings is 1. The lowest BCUT2D eigenvalue weighted by molar-refractivity contribution is -0.0140. The predicted octanol–water partition coefficient (Wildman–Crippen LogP) is 1.78. The molecule has 1 aromatic carbocycles. The molecule has 4 heterocycles. The standard InChI is InChI=1S/C20H20BrN5O2/c21-17-12-26-10-15(24-18(26)9-22-17)19(28)25-6-5-20(16(27)11-25)7-13-3-1-2-4-14(13)8-23-20/h1-4,9-10,12,16,23,27H,5-8,11H2/t16-,20+/m1/s1. The minimum atomic E-state index is -0.633. The highest BCUT2D eigenvalue weighted by atomic mass is 79.9. The maximum absolute atomic E-state index is 13.0. The van der Waals surface area contributed by atoms with E-state index >= 15 is 0 Å². The largest absolute Gasteiger partial charge is 0.389 e. The van der Waals surface area contributed by atoms with E-state index in [-0.39, 0.29) is 11.4 Å². The van der Waals surface area contributed by atoms with Crippen LogP contribution in [-0.2, 0) is 13.0 Å². The third kappa shape index (κ3) is 2.92. The number of piperidine rings is 1. The number of hydrogen-bond donors (Lipinski definition) is 2. The molecule has 8 heteroatoms. The zero-order chi connectivity index (χ0) is 19.3. The average molecular weight is 442 g/mol. The maximum Gasteiger partial charge on any atom is 0.274 e. The van der Waals surface area contributed by atoms with Gasteiger partial charge in [0.1, 0.15) is 10.3 Å². The summed E-state index contributed by atoms with van der Waals surface area (Å²) in [6, 6.07) is 8.33. The van der Waals surface area contributed by atoms with E-state index < -0.39 is 6.10 Å². The SMILES string of the molecule is O=C(c1cn2cc(Br)ncc2n1)N1CC[C@]2(Cc3ccccc3CN2)[C@H](O)C1. The fourth-order valence-corrected chi connectivity index (χ4v) is 4.61. The number of aliphatic hydroxyl groups is 1. The number of nitrogens with zero attached hydrogens (tertiary/aromatic N) is 4. The summed E-state index contributed by atoms with van der Waals surface area (Å²) >= 11 is 3.32. The Morgan fingerprint density at radius 1 is 1.29 bits per heavy atom. The minimum Gasteiger partial charge on any atom is -0.389 e. The van der Waals surface area contributed by atoms with Crippen LogP contribution in [0.25, 0.3) is 5.65 Å². The molecule has 3 aromatic rings. The number of fused-ring (bicyclic) bond motifs is 2. The maximum atomic E-state index is 13.0. The first-order valence-corrected chi connectivity index (χ1v) is 10.1. The van der Waals surface area contributed by atoms with Crippen LogP contribution in [0.15, 0.2) is 47.5 Å². The van der Waals surface area contributed by atoms with Crippen molar-refractivity contribution in [1.82, 2.24) is 24.6 Å². The molecule has 5 rings (SSSR count). The number of carbonyl (C=O) groups is 1. The Morgan fingerprint density at radius 3 is 2.93 bits per heavy atom. The third-order valence-corrected chi connectivity index (χ3v) is 6.34. The van der Waals surface area contributed by atoms with Crippen molar-refractivity contribution < 1.29 is 9.90 Å². The van der Waals surface area contributed by atoms with Gasteiger partial charge in [-0.1, -0.05) is 24.3 Å². The van der Waals surface area contributed by atoms with Gasteiger partial charge in [-0.05, 0) is 39.9 Å². The summed E-state index contributed by atoms with van der Waals surface area (Å²) in [5, 5.41) is 14.5. The van der Waals surface area contributed by atoms with Crippen molar-refractivity contribution >= 4 is 27.5 Å². The fourth-order valence-electron chi connectivity index (χ4n) is 4.29. The van der Waals surface area contributed by atoms with E-state index in [1.807, 2.05) is 12.1 Å². The van der Waals surface area contributed by atoms with Crippen LogP contribution in [0.5, 0.6) is 0 Å². The topological polar surface area (TPSA) is 82.8 Å². The van der Waals surface area contributed by atoms with E-state index in [2.05, 4.69) is 43.3 Å². The first-order valence-electron chi connectivity index (χ1n) is 9.33. The molecule has 0 unspecified atom stereocenters. The summed E-state index contributed by atoms with van der Waals surface area (Å²) < 4.78 is 2.45. The van der Waals surface area contributed by atoms with E-state index in [1.165, 1.54) is 11.1 Å². The van der Waals surface area contributed by atoms with Crippen molar-refractivity contribution in [3.63, 3.8) is 0 Å². The highest BCUT2D eigenvalue weighted by Gasteiger charge is 2.45. The second-order valence-electron chi connectivity index (χ2n) is 7.57. The molecule has 0 aliphatic carbocycles. The summed E-state index contributed by atoms with van der Waals surface area (Å²) in [5.74, 6) is -0.162. The van der Waals surface area contributed by atoms with Crippen LogP contribution in [0, 0.1) is 0 Å². The van der Waals surface area contributed by atoms with Crippen LogP contribution in [0.1, 0.15) is 28.0 Å². The van der Waals surface area contributed by atoms with Gasteiger partial charge in [0, 0.05) is 32.0 Å². The molecule has 1 fully saturated rings. The summed E-state index contributed by atoms with van der Waals surface area (Å²) in [7, 11) is 0. The molecule has 144 valence electrons. The molecule has 0 bridgehead atoms. The smallest absolute Gasteiger partial charge is 0.274 e. The van der Waals surface area contributed by atoms with Crippen LogP contribution in [-0.4, -0.2) is 55.0 Å². The van der Waals surface area contributed by atoms with E-state index in [4.69, 9.17) is 0 Å². The number of halogens is 1. The van der Waals surface area contributed by atoms with Gasteiger partial charge in [0.2, 0.25) is 0 Å². The Hall–Kier alpha value is -2.29. The Labute approximate surface area is 170 Å². The first-order chi connectivity index (χ1) is 13.5. The van der Waals surface area contributed by atoms with Crippen LogP contribution in [0.2, 0.25) is 0 Å². The Bertz CT molecular complexity index is 1070. The Kier molecular flexibility index (Phi) is 4.22. The van der Waals surface area contributed by atoms with Gasteiger partial charge in [-0.2, -0.15) is 0 Å². The molecule has 2 aliphatic rings. The Morgan fingerprint density at radius 2 is 2.11 bits per heavy atom. The van der Waals surface area contributed by atoms with E-state index in [0.717, 1.165) is 13.0 Å². The van der Waals surface area contributed by atoms with Crippen LogP contribution < -0.4 is 5.32 Å². The number of amides is 1. The molecule has 0 radical (unpaired) electrons. The summed E-state index contributed by atoms with van der Waals surface area (Å²) in [4.78, 5) is 23.2. The van der Waals surface area contributed by atoms with Crippen molar-refractivity contribution in [1.29, 1.82) is 0 Å². The van der Waals surface area contributed by atoms with Gasteiger partial charge in [-0.25, -0.2) is 9.97 Å². The number of likely N-dealkylation sites (tertiary alicyclic amines) is 1. The molecule has 28 heavy (non-hydrogen) atoms. The number of rotatable bonds is 1. The first kappa shape index (κ1) is 17.8. The van der Waals surface area contributed by atoms with Gasteiger partial charge >= 0.3 is 0 Å². The van der Waals surface area contributed by atoms with Gasteiger partial charge < -0.3 is 19.7 Å². The summed E-state index contributed by atoms with van der Waals surface area (Å²) in [6.45, 7) is 1.63. The molecule has 1 spiro atoms. The van der Waals surface area contributed by atoms with Crippen LogP contribution in [0.4, 0.5) is 0 Å². The molecule has 2 atom stereocenters. The lowest BCUT2D eigenvalue weighted by Crippen LogP contribution is -2.65. The van der Waals surface area contributed by atoms with Gasteiger partial charge in [0.05, 0.1) is 17.8 Å². The molecule has 2 aromatic heterocycles. The molecule has 0 saturated carbocycles. The number of hydrogen-bond acceptors (Lipinski definition) is 5. The molecule has 1 amide bonds. The lowest BCUT2D eigenvalue weighted by atomic mass is 9.76. The van der Waals surface area contributed by atoms with Gasteiger partial charge in [-0.15, -0.1) is 0 Å². The number of β-amino-alcohol motifs (C(OH)–C–C–N with tert-alkyl or cyclic N) is 1. The number of carbonyl (C=O) groups excluding carboxylic acids is 1. The van der Waals surface area contributed by atoms with Crippen molar-refractivity contribution in [2.24, 2.45) is 0 Å². The van der Waals surface area contributed by atoms with E-state index in [1.54, 1.807) is 27.9 Å². The van der Waals surface area contributed by atoms with Crippen molar-refractivity contribution in [3.8, 4) is 0 Å². The van der Waals surface area contributed by atoms with Gasteiger partial charge in [0.15, 0.2) is 5.65 Å². The van der Waals surface area contributed by atoms with Crippen molar-refractivity contribution in [2.75, 3.05) is 13.1 Å². The Balaban J connectivity index is 1.35. The molecule has 7 nitrogen and oxygen atoms in total. The number of aromatic nitrogens is 3. The van der Waals surface area contributed by atoms with Crippen LogP contribution >= 0.6 is 15.9 Å². The monoisotopic (exact) mass is 441 g/mol. The zero-order valence-corrected chi connectivity index (χ0v) is 16.8. The van der Waals surface area contributed by atoms with Gasteiger partial charge in [-0.3, -0.25) is 4.79 Å². The summed E-state index contributed by atoms with van der Waals surface area (Å²) in [6.07, 6.45) is 5.93. The number of nitrogens with one attached hydrogen (secondary N) is 1. The minimum absolute atomic E-state index is 0.162. The second kappa shape index (κ2) is 6.65. The van der Waals surface area contributed by atoms with Crippen molar-refractivity contribution in [2.45, 2.75) is 31.0 Å². The highest BCUT2D eigenvalue weighted by Crippen LogP contribution is 2.32. The number of imidazole rings is 1. The predicted molar refractivity (Wildman–Crippen MR) is 107 cm³/mol. The molecular weight excluding hydrogens is 422 g/mol.